The summed E-state index contributed by atoms with van der Waals surface area (Å²) < 4.78 is 0. The molecular formula is C6H4Cl3N2NaO2. The van der Waals surface area contributed by atoms with E-state index in [-0.39, 0.29) is 51.9 Å². The predicted octanol–water partition coefficient (Wildman–Crippen LogP) is -0.561. The first-order valence-corrected chi connectivity index (χ1v) is 4.11. The van der Waals surface area contributed by atoms with Gasteiger partial charge in [0.1, 0.15) is 5.02 Å². The zero-order valence-electron chi connectivity index (χ0n) is 8.01. The molecule has 72 valence electrons. The Bertz CT molecular complexity index is 391. The second-order valence-corrected chi connectivity index (χ2v) is 3.21. The monoisotopic (exact) mass is 264 g/mol. The van der Waals surface area contributed by atoms with E-state index in [1.54, 1.807) is 0 Å². The van der Waals surface area contributed by atoms with E-state index in [0.29, 0.717) is 0 Å². The Kier molecular flexibility index (Phi) is 5.51. The van der Waals surface area contributed by atoms with E-state index in [1.165, 1.54) is 0 Å². The van der Waals surface area contributed by atoms with Gasteiger partial charge in [0.25, 0.3) is 0 Å². The van der Waals surface area contributed by atoms with Crippen LogP contribution in [0.3, 0.4) is 0 Å². The van der Waals surface area contributed by atoms with Gasteiger partial charge in [0.15, 0.2) is 10.8 Å². The van der Waals surface area contributed by atoms with E-state index >= 15 is 0 Å². The number of carbonyl (C=O) groups is 1. The number of hydrogen-bond acceptors (Lipinski definition) is 3. The first-order chi connectivity index (χ1) is 5.95. The summed E-state index contributed by atoms with van der Waals surface area (Å²) in [5.41, 5.74) is 4.88. The number of carboxylic acids is 1. The van der Waals surface area contributed by atoms with Crippen LogP contribution in [0.25, 0.3) is 0 Å². The molecule has 0 aliphatic carbocycles. The minimum absolute atomic E-state index is 0. The number of carboxylic acid groups (broad SMARTS) is 1. The van der Waals surface area contributed by atoms with Crippen LogP contribution in [0.5, 0.6) is 0 Å². The third-order valence-electron chi connectivity index (χ3n) is 1.27. The summed E-state index contributed by atoms with van der Waals surface area (Å²) in [6, 6.07) is 0. The van der Waals surface area contributed by atoms with Crippen molar-refractivity contribution in [3.63, 3.8) is 0 Å². The van der Waals surface area contributed by atoms with Crippen LogP contribution < -0.4 is 35.3 Å². The van der Waals surface area contributed by atoms with E-state index in [9.17, 15) is 4.79 Å². The third-order valence-corrected chi connectivity index (χ3v) is 2.41. The summed E-state index contributed by atoms with van der Waals surface area (Å²) >= 11 is 16.6. The molecule has 0 spiro atoms. The first kappa shape index (κ1) is 14.3. The maximum Gasteiger partial charge on any atom is 1.00 e. The third kappa shape index (κ3) is 2.66. The minimum atomic E-state index is -1.31. The molecule has 3 N–H and O–H groups in total. The van der Waals surface area contributed by atoms with Gasteiger partial charge in [-0.3, -0.25) is 0 Å². The fourth-order valence-corrected chi connectivity index (χ4v) is 1.26. The molecule has 0 amide bonds. The summed E-state index contributed by atoms with van der Waals surface area (Å²) in [6.45, 7) is 0. The molecule has 0 unspecified atom stereocenters. The Morgan fingerprint density at radius 2 is 1.86 bits per heavy atom. The van der Waals surface area contributed by atoms with E-state index in [0.717, 1.165) is 0 Å². The molecule has 0 aromatic carbocycles. The Labute approximate surface area is 118 Å². The normalized spacial score (nSPS) is 9.36. The quantitative estimate of drug-likeness (QED) is 0.527. The maximum atomic E-state index is 10.5. The standard InChI is InChI=1S/C6H3Cl3N2O2.Na.H/c7-1-3(10)2(8)5(9)11-4(1)6(12)13;;/h(H2,10,11)(H,12,13);;/q;+1;-1. The van der Waals surface area contributed by atoms with Gasteiger partial charge in [0.2, 0.25) is 0 Å². The molecule has 1 aromatic rings. The second kappa shape index (κ2) is 5.39. The van der Waals surface area contributed by atoms with Gasteiger partial charge in [0.05, 0.1) is 10.7 Å². The average Bonchev–Trinajstić information content (AvgIpc) is 2.07. The van der Waals surface area contributed by atoms with Gasteiger partial charge in [0, 0.05) is 0 Å². The van der Waals surface area contributed by atoms with Gasteiger partial charge < -0.3 is 12.3 Å². The molecule has 4 nitrogen and oxygen atoms in total. The number of anilines is 1. The van der Waals surface area contributed by atoms with Gasteiger partial charge in [-0.15, -0.1) is 0 Å². The number of aromatic carboxylic acids is 1. The number of halogens is 3. The Morgan fingerprint density at radius 3 is 2.29 bits per heavy atom. The summed E-state index contributed by atoms with van der Waals surface area (Å²) in [7, 11) is 0. The molecule has 0 radical (unpaired) electrons. The van der Waals surface area contributed by atoms with Gasteiger partial charge in [-0.05, 0) is 0 Å². The number of nitrogens with two attached hydrogens (primary N) is 1. The Morgan fingerprint density at radius 1 is 1.36 bits per heavy atom. The number of aromatic nitrogens is 1. The molecule has 14 heavy (non-hydrogen) atoms. The van der Waals surface area contributed by atoms with Crippen molar-refractivity contribution in [1.29, 1.82) is 0 Å². The minimum Gasteiger partial charge on any atom is -1.00 e. The van der Waals surface area contributed by atoms with E-state index in [4.69, 9.17) is 45.6 Å². The number of hydrogen-bond donors (Lipinski definition) is 2. The van der Waals surface area contributed by atoms with Crippen LogP contribution in [0, 0.1) is 0 Å². The first-order valence-electron chi connectivity index (χ1n) is 2.98. The molecular weight excluding hydrogens is 261 g/mol. The van der Waals surface area contributed by atoms with Crippen molar-refractivity contribution in [3.8, 4) is 0 Å². The molecule has 0 fully saturated rings. The maximum absolute atomic E-state index is 10.5. The summed E-state index contributed by atoms with van der Waals surface area (Å²) in [5, 5.41) is 8.17. The number of pyridine rings is 1. The van der Waals surface area contributed by atoms with Crippen LogP contribution >= 0.6 is 34.8 Å². The predicted molar refractivity (Wildman–Crippen MR) is 51.8 cm³/mol. The second-order valence-electron chi connectivity index (χ2n) is 2.10. The van der Waals surface area contributed by atoms with Crippen molar-refractivity contribution in [2.75, 3.05) is 5.73 Å². The van der Waals surface area contributed by atoms with Crippen LogP contribution in [0.1, 0.15) is 11.9 Å². The summed E-state index contributed by atoms with van der Waals surface area (Å²) in [5.74, 6) is -1.31. The molecule has 0 aliphatic heterocycles. The molecule has 8 heteroatoms. The van der Waals surface area contributed by atoms with Crippen molar-refractivity contribution in [2.45, 2.75) is 0 Å². The molecule has 0 saturated carbocycles. The summed E-state index contributed by atoms with van der Waals surface area (Å²) in [4.78, 5) is 14.0. The average molecular weight is 265 g/mol. The summed E-state index contributed by atoms with van der Waals surface area (Å²) in [6.07, 6.45) is 0. The molecule has 0 saturated heterocycles. The van der Waals surface area contributed by atoms with E-state index in [1.807, 2.05) is 0 Å². The number of nitrogens with zero attached hydrogens (tertiary/aromatic N) is 1. The Hall–Kier alpha value is 0.290. The van der Waals surface area contributed by atoms with Crippen molar-refractivity contribution >= 4 is 46.5 Å². The number of nitrogen functional groups attached to an aromatic ring is 1. The van der Waals surface area contributed by atoms with Crippen LogP contribution in [0.4, 0.5) is 5.69 Å². The topological polar surface area (TPSA) is 76.2 Å². The molecule has 0 bridgehead atoms. The Balaban J connectivity index is 0. The fraction of sp³-hybridized carbons (Fsp3) is 0. The van der Waals surface area contributed by atoms with E-state index in [2.05, 4.69) is 4.98 Å². The van der Waals surface area contributed by atoms with E-state index < -0.39 is 11.7 Å². The largest absolute Gasteiger partial charge is 1.00 e. The number of rotatable bonds is 1. The molecule has 1 aromatic heterocycles. The van der Waals surface area contributed by atoms with Crippen LogP contribution in [0.2, 0.25) is 15.2 Å². The van der Waals surface area contributed by atoms with Crippen LogP contribution in [-0.2, 0) is 0 Å². The van der Waals surface area contributed by atoms with Crippen molar-refractivity contribution < 1.29 is 40.9 Å². The van der Waals surface area contributed by atoms with Crippen LogP contribution in [-0.4, -0.2) is 16.1 Å². The smallest absolute Gasteiger partial charge is 1.00 e. The fourth-order valence-electron chi connectivity index (χ4n) is 0.673. The zero-order valence-corrected chi connectivity index (χ0v) is 11.3. The van der Waals surface area contributed by atoms with Gasteiger partial charge in [-0.25, -0.2) is 9.78 Å². The zero-order chi connectivity index (χ0) is 10.2. The molecule has 1 heterocycles. The van der Waals surface area contributed by atoms with Gasteiger partial charge >= 0.3 is 35.5 Å². The molecule has 0 atom stereocenters. The molecule has 0 aliphatic rings. The SMILES string of the molecule is Nc1c(Cl)c(Cl)nc(C(=O)O)c1Cl.[H-].[Na+]. The molecule has 1 rings (SSSR count). The van der Waals surface area contributed by atoms with Crippen molar-refractivity contribution in [1.82, 2.24) is 4.98 Å². The van der Waals surface area contributed by atoms with Crippen molar-refractivity contribution in [3.05, 3.63) is 20.9 Å². The van der Waals surface area contributed by atoms with Crippen molar-refractivity contribution in [2.24, 2.45) is 0 Å². The van der Waals surface area contributed by atoms with Crippen LogP contribution in [0.15, 0.2) is 0 Å². The van der Waals surface area contributed by atoms with Gasteiger partial charge in [-0.2, -0.15) is 0 Å². The van der Waals surface area contributed by atoms with Gasteiger partial charge in [-0.1, -0.05) is 34.8 Å².